The Morgan fingerprint density at radius 3 is 2.09 bits per heavy atom. The molecule has 5 N–H and O–H groups in total. The number of nitrogens with two attached hydrogens (primary N) is 1. The molecular formula is C34H45FN4O4. The van der Waals surface area contributed by atoms with E-state index in [0.29, 0.717) is 29.9 Å². The Labute approximate surface area is 254 Å². The standard InChI is InChI=1S/C27H37FN4O4.C7H8/c1-3-13-32(14-4-2)27(36)21-7-5-6-19(16-21)25(34)30-18-23(29)17-20(12-15-33)26(35)31-24-10-8-22(28)9-11-24;1-7-5-3-2-4-6-7/h5-11,16,20,23,33H,3-4,12-15,17-18,29H2,1-2H3,(H,30,34)(H,31,35);2-6H,1H3. The lowest BCUT2D eigenvalue weighted by atomic mass is 9.96. The largest absolute Gasteiger partial charge is 0.396 e. The summed E-state index contributed by atoms with van der Waals surface area (Å²) in [5, 5.41) is 14.8. The number of carbonyl (C=O) groups is 3. The highest BCUT2D eigenvalue weighted by Gasteiger charge is 2.22. The smallest absolute Gasteiger partial charge is 0.253 e. The van der Waals surface area contributed by atoms with Crippen LogP contribution < -0.4 is 16.4 Å². The molecule has 3 rings (SSSR count). The molecule has 3 amide bonds. The lowest BCUT2D eigenvalue weighted by Gasteiger charge is -2.22. The average Bonchev–Trinajstić information content (AvgIpc) is 3.01. The minimum atomic E-state index is -0.587. The minimum Gasteiger partial charge on any atom is -0.396 e. The molecule has 2 unspecified atom stereocenters. The van der Waals surface area contributed by atoms with E-state index in [1.165, 1.54) is 29.8 Å². The topological polar surface area (TPSA) is 125 Å². The highest BCUT2D eigenvalue weighted by atomic mass is 19.1. The second kappa shape index (κ2) is 19.2. The van der Waals surface area contributed by atoms with Crippen molar-refractivity contribution in [2.75, 3.05) is 31.6 Å². The quantitative estimate of drug-likeness (QED) is 0.206. The van der Waals surface area contributed by atoms with E-state index in [4.69, 9.17) is 5.73 Å². The van der Waals surface area contributed by atoms with Crippen LogP contribution in [0.1, 0.15) is 65.8 Å². The average molecular weight is 593 g/mol. The molecule has 0 spiro atoms. The first-order valence-corrected chi connectivity index (χ1v) is 14.8. The van der Waals surface area contributed by atoms with Gasteiger partial charge >= 0.3 is 0 Å². The fraction of sp³-hybridized carbons (Fsp3) is 0.382. The van der Waals surface area contributed by atoms with Crippen LogP contribution in [0.2, 0.25) is 0 Å². The van der Waals surface area contributed by atoms with Gasteiger partial charge in [0.25, 0.3) is 11.8 Å². The van der Waals surface area contributed by atoms with Crippen LogP contribution in [0, 0.1) is 18.7 Å². The number of rotatable bonds is 14. The number of anilines is 1. The SMILES string of the molecule is CCCN(CCC)C(=O)c1cccc(C(=O)NCC(N)CC(CCO)C(=O)Nc2ccc(F)cc2)c1.Cc1ccccc1. The summed E-state index contributed by atoms with van der Waals surface area (Å²) in [6.07, 6.45) is 2.13. The zero-order chi connectivity index (χ0) is 31.6. The second-order valence-electron chi connectivity index (χ2n) is 10.4. The maximum absolute atomic E-state index is 13.1. The van der Waals surface area contributed by atoms with Crippen LogP contribution in [0.15, 0.2) is 78.9 Å². The Bertz CT molecular complexity index is 1260. The second-order valence-corrected chi connectivity index (χ2v) is 10.4. The minimum absolute atomic E-state index is 0.107. The summed E-state index contributed by atoms with van der Waals surface area (Å²) >= 11 is 0. The number of hydrogen-bond donors (Lipinski definition) is 4. The number of nitrogens with zero attached hydrogens (tertiary/aromatic N) is 1. The van der Waals surface area contributed by atoms with Gasteiger partial charge in [-0.3, -0.25) is 14.4 Å². The van der Waals surface area contributed by atoms with Gasteiger partial charge in [0, 0.05) is 55.0 Å². The van der Waals surface area contributed by atoms with Crippen molar-refractivity contribution >= 4 is 23.4 Å². The number of amides is 3. The van der Waals surface area contributed by atoms with E-state index in [9.17, 15) is 23.9 Å². The summed E-state index contributed by atoms with van der Waals surface area (Å²) < 4.78 is 13.1. The Morgan fingerprint density at radius 2 is 1.53 bits per heavy atom. The van der Waals surface area contributed by atoms with Crippen molar-refractivity contribution in [1.82, 2.24) is 10.2 Å². The molecule has 0 saturated carbocycles. The predicted molar refractivity (Wildman–Crippen MR) is 169 cm³/mol. The van der Waals surface area contributed by atoms with Gasteiger partial charge in [-0.2, -0.15) is 0 Å². The van der Waals surface area contributed by atoms with Crippen molar-refractivity contribution in [3.05, 3.63) is 101 Å². The number of aliphatic hydroxyl groups excluding tert-OH is 1. The van der Waals surface area contributed by atoms with Crippen LogP contribution in [-0.4, -0.2) is 60.0 Å². The van der Waals surface area contributed by atoms with E-state index in [0.717, 1.165) is 12.8 Å². The summed E-state index contributed by atoms with van der Waals surface area (Å²) in [5.41, 5.74) is 8.75. The van der Waals surface area contributed by atoms with Crippen molar-refractivity contribution in [3.8, 4) is 0 Å². The summed E-state index contributed by atoms with van der Waals surface area (Å²) in [6, 6.07) is 21.7. The van der Waals surface area contributed by atoms with Gasteiger partial charge in [-0.15, -0.1) is 0 Å². The molecule has 0 bridgehead atoms. The van der Waals surface area contributed by atoms with E-state index < -0.39 is 17.8 Å². The third-order valence-electron chi connectivity index (χ3n) is 6.66. The zero-order valence-electron chi connectivity index (χ0n) is 25.4. The van der Waals surface area contributed by atoms with Gasteiger partial charge in [0.15, 0.2) is 0 Å². The fourth-order valence-corrected chi connectivity index (χ4v) is 4.43. The predicted octanol–water partition coefficient (Wildman–Crippen LogP) is 5.17. The van der Waals surface area contributed by atoms with Crippen molar-refractivity contribution in [1.29, 1.82) is 0 Å². The Hall–Kier alpha value is -4.08. The molecule has 3 aromatic carbocycles. The molecule has 0 aliphatic rings. The van der Waals surface area contributed by atoms with E-state index in [-0.39, 0.29) is 43.7 Å². The molecule has 232 valence electrons. The van der Waals surface area contributed by atoms with Gasteiger partial charge in [0.05, 0.1) is 0 Å². The molecule has 0 aliphatic heterocycles. The molecule has 8 nitrogen and oxygen atoms in total. The van der Waals surface area contributed by atoms with Crippen molar-refractivity contribution in [2.45, 2.75) is 52.5 Å². The number of halogens is 1. The zero-order valence-corrected chi connectivity index (χ0v) is 25.4. The van der Waals surface area contributed by atoms with Gasteiger partial charge in [-0.1, -0.05) is 55.8 Å². The first kappa shape index (κ1) is 35.1. The monoisotopic (exact) mass is 592 g/mol. The first-order valence-electron chi connectivity index (χ1n) is 14.8. The van der Waals surface area contributed by atoms with Crippen molar-refractivity contribution < 1.29 is 23.9 Å². The Balaban J connectivity index is 0.000000804. The molecule has 43 heavy (non-hydrogen) atoms. The molecule has 0 saturated heterocycles. The summed E-state index contributed by atoms with van der Waals surface area (Å²) in [6.45, 7) is 7.33. The van der Waals surface area contributed by atoms with Crippen LogP contribution in [0.4, 0.5) is 10.1 Å². The number of aryl methyl sites for hydroxylation is 1. The number of carbonyl (C=O) groups excluding carboxylic acids is 3. The number of benzene rings is 3. The van der Waals surface area contributed by atoms with Gasteiger partial charge < -0.3 is 26.4 Å². The molecule has 2 atom stereocenters. The lowest BCUT2D eigenvalue weighted by Crippen LogP contribution is -2.40. The van der Waals surface area contributed by atoms with Crippen molar-refractivity contribution in [3.63, 3.8) is 0 Å². The summed E-state index contributed by atoms with van der Waals surface area (Å²) in [5.74, 6) is -1.81. The molecule has 0 aliphatic carbocycles. The number of hydrogen-bond acceptors (Lipinski definition) is 5. The molecular weight excluding hydrogens is 547 g/mol. The highest BCUT2D eigenvalue weighted by molar-refractivity contribution is 5.99. The molecule has 0 fully saturated rings. The normalized spacial score (nSPS) is 11.9. The summed E-state index contributed by atoms with van der Waals surface area (Å²) in [7, 11) is 0. The van der Waals surface area contributed by atoms with E-state index in [1.807, 2.05) is 32.0 Å². The third kappa shape index (κ3) is 12.8. The number of nitrogens with one attached hydrogen (secondary N) is 2. The van der Waals surface area contributed by atoms with E-state index in [1.54, 1.807) is 29.2 Å². The lowest BCUT2D eigenvalue weighted by molar-refractivity contribution is -0.120. The molecule has 0 radical (unpaired) electrons. The molecule has 0 aromatic heterocycles. The third-order valence-corrected chi connectivity index (χ3v) is 6.66. The molecule has 9 heteroatoms. The number of aliphatic hydroxyl groups is 1. The Kier molecular flexibility index (Phi) is 15.7. The van der Waals surface area contributed by atoms with E-state index >= 15 is 0 Å². The maximum Gasteiger partial charge on any atom is 0.253 e. The maximum atomic E-state index is 13.1. The van der Waals surface area contributed by atoms with Gasteiger partial charge in [-0.25, -0.2) is 4.39 Å². The van der Waals surface area contributed by atoms with Crippen LogP contribution >= 0.6 is 0 Å². The summed E-state index contributed by atoms with van der Waals surface area (Å²) in [4.78, 5) is 40.0. The first-order chi connectivity index (χ1) is 20.7. The van der Waals surface area contributed by atoms with E-state index in [2.05, 4.69) is 29.7 Å². The van der Waals surface area contributed by atoms with Crippen LogP contribution in [0.3, 0.4) is 0 Å². The highest BCUT2D eigenvalue weighted by Crippen LogP contribution is 2.16. The fourth-order valence-electron chi connectivity index (χ4n) is 4.43. The van der Waals surface area contributed by atoms with Gasteiger partial charge in [0.2, 0.25) is 5.91 Å². The van der Waals surface area contributed by atoms with Crippen LogP contribution in [0.25, 0.3) is 0 Å². The van der Waals surface area contributed by atoms with Crippen LogP contribution in [-0.2, 0) is 4.79 Å². The van der Waals surface area contributed by atoms with Crippen molar-refractivity contribution in [2.24, 2.45) is 11.7 Å². The van der Waals surface area contributed by atoms with Crippen LogP contribution in [0.5, 0.6) is 0 Å². The van der Waals surface area contributed by atoms with Gasteiger partial charge in [0.1, 0.15) is 5.82 Å². The van der Waals surface area contributed by atoms with Gasteiger partial charge in [-0.05, 0) is 75.1 Å². The molecule has 0 heterocycles. The molecule has 3 aromatic rings. The Morgan fingerprint density at radius 1 is 0.907 bits per heavy atom.